The monoisotopic (exact) mass is 480 g/mol. The molecule has 0 saturated heterocycles. The maximum Gasteiger partial charge on any atom is 0.407 e. The molecule has 2 amide bonds. The van der Waals surface area contributed by atoms with Crippen LogP contribution in [0, 0.1) is 11.6 Å². The van der Waals surface area contributed by atoms with Crippen molar-refractivity contribution in [3.63, 3.8) is 0 Å². The summed E-state index contributed by atoms with van der Waals surface area (Å²) >= 11 is 0. The summed E-state index contributed by atoms with van der Waals surface area (Å²) in [6, 6.07) is 17.7. The Labute approximate surface area is 199 Å². The molecule has 1 aliphatic rings. The van der Waals surface area contributed by atoms with Gasteiger partial charge in [-0.25, -0.2) is 18.4 Å². The molecule has 3 N–H and O–H groups in total. The topological polar surface area (TPSA) is 105 Å². The molecule has 4 rings (SSSR count). The fourth-order valence-corrected chi connectivity index (χ4v) is 4.15. The number of benzene rings is 3. The van der Waals surface area contributed by atoms with Crippen LogP contribution in [-0.4, -0.2) is 36.2 Å². The van der Waals surface area contributed by atoms with Gasteiger partial charge in [0.25, 0.3) is 0 Å². The van der Waals surface area contributed by atoms with Gasteiger partial charge in [0.1, 0.15) is 18.0 Å². The Hall–Kier alpha value is -4.27. The summed E-state index contributed by atoms with van der Waals surface area (Å²) in [5.74, 6) is -5.05. The summed E-state index contributed by atoms with van der Waals surface area (Å²) in [4.78, 5) is 35.2. The van der Waals surface area contributed by atoms with Gasteiger partial charge in [0.2, 0.25) is 5.91 Å². The lowest BCUT2D eigenvalue weighted by molar-refractivity contribution is -0.116. The molecule has 0 fully saturated rings. The number of carbonyl (C=O) groups excluding carboxylic acids is 2. The van der Waals surface area contributed by atoms with E-state index in [1.165, 1.54) is 0 Å². The predicted molar refractivity (Wildman–Crippen MR) is 124 cm³/mol. The van der Waals surface area contributed by atoms with Crippen LogP contribution in [0.15, 0.2) is 60.7 Å². The van der Waals surface area contributed by atoms with Gasteiger partial charge >= 0.3 is 12.1 Å². The predicted octanol–water partition coefficient (Wildman–Crippen LogP) is 4.92. The number of hydrogen-bond donors (Lipinski definition) is 3. The van der Waals surface area contributed by atoms with Crippen LogP contribution in [0.4, 0.5) is 19.3 Å². The minimum atomic E-state index is -1.77. The summed E-state index contributed by atoms with van der Waals surface area (Å²) in [7, 11) is 0. The van der Waals surface area contributed by atoms with Crippen molar-refractivity contribution >= 4 is 23.7 Å². The Bertz CT molecular complexity index is 1250. The van der Waals surface area contributed by atoms with Crippen LogP contribution >= 0.6 is 0 Å². The van der Waals surface area contributed by atoms with Gasteiger partial charge in [-0.15, -0.1) is 0 Å². The molecule has 3 aromatic carbocycles. The lowest BCUT2D eigenvalue weighted by Gasteiger charge is -2.14. The number of carboxylic acid groups (broad SMARTS) is 1. The number of halogens is 2. The van der Waals surface area contributed by atoms with Crippen LogP contribution in [0.3, 0.4) is 0 Å². The minimum absolute atomic E-state index is 0.0692. The van der Waals surface area contributed by atoms with Crippen molar-refractivity contribution in [3.05, 3.63) is 89.0 Å². The van der Waals surface area contributed by atoms with Crippen molar-refractivity contribution < 1.29 is 33.0 Å². The highest BCUT2D eigenvalue weighted by Crippen LogP contribution is 2.44. The number of amides is 2. The average molecular weight is 480 g/mol. The van der Waals surface area contributed by atoms with Crippen LogP contribution in [0.1, 0.15) is 40.2 Å². The van der Waals surface area contributed by atoms with Crippen LogP contribution in [0.5, 0.6) is 0 Å². The van der Waals surface area contributed by atoms with Gasteiger partial charge in [0.05, 0.1) is 5.69 Å². The molecular formula is C26H22F2N2O5. The van der Waals surface area contributed by atoms with Crippen molar-refractivity contribution in [1.29, 1.82) is 0 Å². The molecule has 7 nitrogen and oxygen atoms in total. The van der Waals surface area contributed by atoms with Gasteiger partial charge in [-0.05, 0) is 40.8 Å². The van der Waals surface area contributed by atoms with Gasteiger partial charge in [-0.2, -0.15) is 0 Å². The third kappa shape index (κ3) is 5.13. The molecule has 0 saturated carbocycles. The van der Waals surface area contributed by atoms with Gasteiger partial charge in [0.15, 0.2) is 5.82 Å². The first kappa shape index (κ1) is 23.9. The highest BCUT2D eigenvalue weighted by atomic mass is 19.1. The molecule has 0 spiro atoms. The highest BCUT2D eigenvalue weighted by molar-refractivity contribution is 5.94. The number of hydrogen-bond acceptors (Lipinski definition) is 4. The summed E-state index contributed by atoms with van der Waals surface area (Å²) in [6.07, 6.45) is -0.476. The van der Waals surface area contributed by atoms with Crippen LogP contribution < -0.4 is 10.6 Å². The molecule has 0 aromatic heterocycles. The number of nitrogens with one attached hydrogen (secondary N) is 2. The Kier molecular flexibility index (Phi) is 7.05. The summed E-state index contributed by atoms with van der Waals surface area (Å²) in [6.45, 7) is 0.298. The number of aromatic carboxylic acids is 1. The molecular weight excluding hydrogens is 458 g/mol. The van der Waals surface area contributed by atoms with Gasteiger partial charge in [-0.3, -0.25) is 4.79 Å². The first-order valence-corrected chi connectivity index (χ1v) is 11.0. The van der Waals surface area contributed by atoms with Crippen molar-refractivity contribution in [3.8, 4) is 11.1 Å². The third-order valence-electron chi connectivity index (χ3n) is 5.77. The second kappa shape index (κ2) is 10.3. The molecule has 3 aromatic rings. The molecule has 0 atom stereocenters. The summed E-state index contributed by atoms with van der Waals surface area (Å²) in [5, 5.41) is 13.7. The van der Waals surface area contributed by atoms with Crippen molar-refractivity contribution in [2.75, 3.05) is 18.5 Å². The molecule has 35 heavy (non-hydrogen) atoms. The number of anilines is 1. The first-order valence-electron chi connectivity index (χ1n) is 11.0. The van der Waals surface area contributed by atoms with Crippen molar-refractivity contribution in [2.24, 2.45) is 0 Å². The fourth-order valence-electron chi connectivity index (χ4n) is 4.15. The maximum absolute atomic E-state index is 14.1. The zero-order chi connectivity index (χ0) is 24.9. The number of rotatable bonds is 8. The number of fused-ring (bicyclic) bond motifs is 3. The van der Waals surface area contributed by atoms with Crippen LogP contribution in [-0.2, 0) is 9.53 Å². The third-order valence-corrected chi connectivity index (χ3v) is 5.77. The summed E-state index contributed by atoms with van der Waals surface area (Å²) < 4.78 is 33.0. The van der Waals surface area contributed by atoms with E-state index in [9.17, 15) is 23.2 Å². The Morgan fingerprint density at radius 3 is 2.17 bits per heavy atom. The molecule has 180 valence electrons. The van der Waals surface area contributed by atoms with E-state index in [-0.39, 0.29) is 31.9 Å². The maximum atomic E-state index is 14.1. The number of carboxylic acids is 1. The van der Waals surface area contributed by atoms with Crippen LogP contribution in [0.25, 0.3) is 11.1 Å². The molecule has 0 aliphatic heterocycles. The molecule has 0 bridgehead atoms. The van der Waals surface area contributed by atoms with E-state index in [1.54, 1.807) is 0 Å². The number of carbonyl (C=O) groups is 3. The van der Waals surface area contributed by atoms with Crippen LogP contribution in [0.2, 0.25) is 0 Å². The largest absolute Gasteiger partial charge is 0.477 e. The SMILES string of the molecule is O=C(CCCNC(=O)OCC1c2ccccc2-c2ccccc21)Nc1ccc(F)c(C(=O)O)c1F. The lowest BCUT2D eigenvalue weighted by atomic mass is 9.98. The fraction of sp³-hybridized carbons (Fsp3) is 0.192. The molecule has 0 heterocycles. The highest BCUT2D eigenvalue weighted by Gasteiger charge is 2.29. The zero-order valence-electron chi connectivity index (χ0n) is 18.5. The van der Waals surface area contributed by atoms with Gasteiger partial charge in [-0.1, -0.05) is 48.5 Å². The number of alkyl carbamates (subject to hydrolysis) is 1. The lowest BCUT2D eigenvalue weighted by Crippen LogP contribution is -2.27. The van der Waals surface area contributed by atoms with E-state index in [4.69, 9.17) is 9.84 Å². The van der Waals surface area contributed by atoms with E-state index in [2.05, 4.69) is 10.6 Å². The van der Waals surface area contributed by atoms with E-state index in [1.807, 2.05) is 48.5 Å². The van der Waals surface area contributed by atoms with E-state index >= 15 is 0 Å². The molecule has 0 unspecified atom stereocenters. The zero-order valence-corrected chi connectivity index (χ0v) is 18.5. The van der Waals surface area contributed by atoms with E-state index in [0.717, 1.165) is 34.4 Å². The standard InChI is InChI=1S/C26H22F2N2O5/c27-20-11-12-21(24(28)23(20)25(32)33)30-22(31)10-5-13-29-26(34)35-14-19-17-8-3-1-6-15(17)16-7-2-4-9-18(16)19/h1-4,6-9,11-12,19H,5,10,13-14H2,(H,29,34)(H,30,31)(H,32,33). The van der Waals surface area contributed by atoms with E-state index < -0.39 is 40.9 Å². The Morgan fingerprint density at radius 2 is 1.54 bits per heavy atom. The van der Waals surface area contributed by atoms with Crippen molar-refractivity contribution in [2.45, 2.75) is 18.8 Å². The summed E-state index contributed by atoms with van der Waals surface area (Å²) in [5.41, 5.74) is 2.86. The van der Waals surface area contributed by atoms with E-state index in [0.29, 0.717) is 0 Å². The van der Waals surface area contributed by atoms with Gasteiger partial charge < -0.3 is 20.5 Å². The number of ether oxygens (including phenoxy) is 1. The first-order chi connectivity index (χ1) is 16.9. The van der Waals surface area contributed by atoms with Gasteiger partial charge in [0, 0.05) is 18.9 Å². The quantitative estimate of drug-likeness (QED) is 0.397. The smallest absolute Gasteiger partial charge is 0.407 e. The average Bonchev–Trinajstić information content (AvgIpc) is 3.16. The molecule has 9 heteroatoms. The second-order valence-electron chi connectivity index (χ2n) is 7.99. The van der Waals surface area contributed by atoms with Crippen molar-refractivity contribution in [1.82, 2.24) is 5.32 Å². The molecule has 0 radical (unpaired) electrons. The Morgan fingerprint density at radius 1 is 0.914 bits per heavy atom. The Balaban J connectivity index is 1.23. The normalized spacial score (nSPS) is 11.9. The minimum Gasteiger partial charge on any atom is -0.477 e. The second-order valence-corrected chi connectivity index (χ2v) is 7.99. The molecule has 1 aliphatic carbocycles.